The van der Waals surface area contributed by atoms with E-state index in [0.29, 0.717) is 6.42 Å². The summed E-state index contributed by atoms with van der Waals surface area (Å²) in [5.41, 5.74) is 2.28. The van der Waals surface area contributed by atoms with Gasteiger partial charge in [0.25, 0.3) is 0 Å². The first-order valence-corrected chi connectivity index (χ1v) is 11.3. The summed E-state index contributed by atoms with van der Waals surface area (Å²) in [5, 5.41) is 5.71. The molecule has 0 fully saturated rings. The summed E-state index contributed by atoms with van der Waals surface area (Å²) < 4.78 is 5.55. The minimum absolute atomic E-state index is 0.196. The molecule has 3 amide bonds. The predicted octanol–water partition coefficient (Wildman–Crippen LogP) is 3.73. The van der Waals surface area contributed by atoms with Gasteiger partial charge in [0.15, 0.2) is 0 Å². The number of hydrogen-bond donors (Lipinski definition) is 2. The van der Waals surface area contributed by atoms with Crippen LogP contribution < -0.4 is 10.6 Å². The van der Waals surface area contributed by atoms with Crippen LogP contribution in [0.15, 0.2) is 54.6 Å². The van der Waals surface area contributed by atoms with Gasteiger partial charge in [-0.25, -0.2) is 4.79 Å². The van der Waals surface area contributed by atoms with Crippen molar-refractivity contribution in [2.75, 3.05) is 0 Å². The molecular weight excluding hydrogens is 418 g/mol. The quantitative estimate of drug-likeness (QED) is 0.725. The minimum atomic E-state index is -0.767. The molecule has 2 aromatic rings. The SMILES string of the molecule is C[C@H](NC(=O)[C@@H]1Cc2ccccc2CN1C(=O)OC(C)(C)C)C(=O)N[C@@H](C)c1ccccc1. The highest BCUT2D eigenvalue weighted by atomic mass is 16.6. The normalized spacial score (nSPS) is 17.4. The smallest absolute Gasteiger partial charge is 0.411 e. The number of hydrogen-bond acceptors (Lipinski definition) is 4. The van der Waals surface area contributed by atoms with Gasteiger partial charge < -0.3 is 15.4 Å². The second kappa shape index (κ2) is 10.1. The zero-order valence-corrected chi connectivity index (χ0v) is 19.9. The summed E-state index contributed by atoms with van der Waals surface area (Å²) in [6.45, 7) is 9.17. The summed E-state index contributed by atoms with van der Waals surface area (Å²) in [4.78, 5) is 40.3. The molecule has 1 heterocycles. The Labute approximate surface area is 195 Å². The van der Waals surface area contributed by atoms with E-state index in [1.165, 1.54) is 4.90 Å². The lowest BCUT2D eigenvalue weighted by Crippen LogP contribution is -2.56. The van der Waals surface area contributed by atoms with Crippen molar-refractivity contribution in [3.63, 3.8) is 0 Å². The zero-order chi connectivity index (χ0) is 24.2. The van der Waals surface area contributed by atoms with Crippen LogP contribution in [0.3, 0.4) is 0 Å². The molecule has 0 radical (unpaired) electrons. The third-order valence-corrected chi connectivity index (χ3v) is 5.59. The molecule has 3 atom stereocenters. The van der Waals surface area contributed by atoms with Crippen molar-refractivity contribution < 1.29 is 19.1 Å². The molecule has 3 rings (SSSR count). The van der Waals surface area contributed by atoms with E-state index in [1.807, 2.05) is 61.5 Å². The molecule has 7 nitrogen and oxygen atoms in total. The summed E-state index contributed by atoms with van der Waals surface area (Å²) in [5.74, 6) is -0.676. The lowest BCUT2D eigenvalue weighted by molar-refractivity contribution is -0.132. The van der Waals surface area contributed by atoms with Gasteiger partial charge in [0, 0.05) is 6.42 Å². The molecule has 33 heavy (non-hydrogen) atoms. The van der Waals surface area contributed by atoms with Crippen molar-refractivity contribution in [2.24, 2.45) is 0 Å². The summed E-state index contributed by atoms with van der Waals surface area (Å²) in [7, 11) is 0. The highest BCUT2D eigenvalue weighted by Gasteiger charge is 2.37. The summed E-state index contributed by atoms with van der Waals surface area (Å²) >= 11 is 0. The van der Waals surface area contributed by atoms with Gasteiger partial charge in [-0.05, 0) is 51.3 Å². The number of benzene rings is 2. The van der Waals surface area contributed by atoms with E-state index >= 15 is 0 Å². The molecule has 2 N–H and O–H groups in total. The van der Waals surface area contributed by atoms with Crippen molar-refractivity contribution >= 4 is 17.9 Å². The van der Waals surface area contributed by atoms with Crippen LogP contribution in [0.25, 0.3) is 0 Å². The fourth-order valence-electron chi connectivity index (χ4n) is 3.81. The number of fused-ring (bicyclic) bond motifs is 1. The molecular formula is C26H33N3O4. The molecule has 1 aliphatic heterocycles. The van der Waals surface area contributed by atoms with Crippen molar-refractivity contribution in [3.05, 3.63) is 71.3 Å². The Hall–Kier alpha value is -3.35. The summed E-state index contributed by atoms with van der Waals surface area (Å²) in [6.07, 6.45) is -0.192. The van der Waals surface area contributed by atoms with E-state index in [2.05, 4.69) is 10.6 Å². The average Bonchev–Trinajstić information content (AvgIpc) is 2.77. The Morgan fingerprint density at radius 1 is 0.939 bits per heavy atom. The number of carbonyl (C=O) groups is 3. The molecule has 0 aromatic heterocycles. The molecule has 176 valence electrons. The molecule has 2 aromatic carbocycles. The molecule has 0 saturated carbocycles. The third-order valence-electron chi connectivity index (χ3n) is 5.59. The maximum atomic E-state index is 13.2. The van der Waals surface area contributed by atoms with Gasteiger partial charge in [0.05, 0.1) is 12.6 Å². The van der Waals surface area contributed by atoms with E-state index in [-0.39, 0.29) is 24.4 Å². The second-order valence-electron chi connectivity index (χ2n) is 9.47. The van der Waals surface area contributed by atoms with Crippen molar-refractivity contribution in [1.29, 1.82) is 0 Å². The number of ether oxygens (including phenoxy) is 1. The third kappa shape index (κ3) is 6.34. The Morgan fingerprint density at radius 3 is 2.18 bits per heavy atom. The van der Waals surface area contributed by atoms with Crippen molar-refractivity contribution in [1.82, 2.24) is 15.5 Å². The number of amides is 3. The Kier molecular flexibility index (Phi) is 7.41. The van der Waals surface area contributed by atoms with Crippen molar-refractivity contribution in [3.8, 4) is 0 Å². The largest absolute Gasteiger partial charge is 0.444 e. The lowest BCUT2D eigenvalue weighted by atomic mass is 9.93. The van der Waals surface area contributed by atoms with E-state index in [1.54, 1.807) is 27.7 Å². The average molecular weight is 452 g/mol. The highest BCUT2D eigenvalue weighted by Crippen LogP contribution is 2.25. The van der Waals surface area contributed by atoms with E-state index in [0.717, 1.165) is 16.7 Å². The topological polar surface area (TPSA) is 87.7 Å². The predicted molar refractivity (Wildman–Crippen MR) is 126 cm³/mol. The minimum Gasteiger partial charge on any atom is -0.444 e. The number of rotatable bonds is 5. The van der Waals surface area contributed by atoms with Crippen LogP contribution in [0.5, 0.6) is 0 Å². The maximum absolute atomic E-state index is 13.2. The van der Waals surface area contributed by atoms with Crippen LogP contribution in [0.1, 0.15) is 57.4 Å². The molecule has 0 saturated heterocycles. The maximum Gasteiger partial charge on any atom is 0.411 e. The molecule has 0 spiro atoms. The van der Waals surface area contributed by atoms with Crippen LogP contribution in [0.2, 0.25) is 0 Å². The monoisotopic (exact) mass is 451 g/mol. The van der Waals surface area contributed by atoms with Crippen LogP contribution in [-0.4, -0.2) is 40.5 Å². The highest BCUT2D eigenvalue weighted by molar-refractivity contribution is 5.91. The first kappa shape index (κ1) is 24.3. The summed E-state index contributed by atoms with van der Waals surface area (Å²) in [6, 6.07) is 15.6. The fraction of sp³-hybridized carbons (Fsp3) is 0.423. The van der Waals surface area contributed by atoms with Crippen molar-refractivity contribution in [2.45, 2.75) is 71.3 Å². The first-order chi connectivity index (χ1) is 15.5. The van der Waals surface area contributed by atoms with Gasteiger partial charge in [0.2, 0.25) is 11.8 Å². The fourth-order valence-corrected chi connectivity index (χ4v) is 3.81. The van der Waals surface area contributed by atoms with Gasteiger partial charge >= 0.3 is 6.09 Å². The van der Waals surface area contributed by atoms with Gasteiger partial charge in [-0.15, -0.1) is 0 Å². The molecule has 0 unspecified atom stereocenters. The second-order valence-corrected chi connectivity index (χ2v) is 9.47. The number of carbonyl (C=O) groups excluding carboxylic acids is 3. The van der Waals surface area contributed by atoms with Crippen LogP contribution in [-0.2, 0) is 27.3 Å². The Morgan fingerprint density at radius 2 is 1.55 bits per heavy atom. The van der Waals surface area contributed by atoms with Crippen LogP contribution >= 0.6 is 0 Å². The number of nitrogens with one attached hydrogen (secondary N) is 2. The van der Waals surface area contributed by atoms with Crippen LogP contribution in [0, 0.1) is 0 Å². The Balaban J connectivity index is 1.71. The molecule has 0 bridgehead atoms. The standard InChI is InChI=1S/C26H33N3O4/c1-17(19-11-7-6-8-12-19)27-23(30)18(2)28-24(31)22-15-20-13-9-10-14-21(20)16-29(22)25(32)33-26(3,4)5/h6-14,17-18,22H,15-16H2,1-5H3,(H,27,30)(H,28,31)/t17-,18-,22-/m0/s1. The van der Waals surface area contributed by atoms with Gasteiger partial charge in [-0.3, -0.25) is 14.5 Å². The van der Waals surface area contributed by atoms with Gasteiger partial charge in [-0.2, -0.15) is 0 Å². The van der Waals surface area contributed by atoms with Gasteiger partial charge in [0.1, 0.15) is 17.7 Å². The zero-order valence-electron chi connectivity index (χ0n) is 19.9. The first-order valence-electron chi connectivity index (χ1n) is 11.3. The molecule has 0 aliphatic carbocycles. The molecule has 1 aliphatic rings. The van der Waals surface area contributed by atoms with E-state index < -0.39 is 23.8 Å². The van der Waals surface area contributed by atoms with E-state index in [9.17, 15) is 14.4 Å². The van der Waals surface area contributed by atoms with Crippen LogP contribution in [0.4, 0.5) is 4.79 Å². The number of nitrogens with zero attached hydrogens (tertiary/aromatic N) is 1. The van der Waals surface area contributed by atoms with Gasteiger partial charge in [-0.1, -0.05) is 54.6 Å². The lowest BCUT2D eigenvalue weighted by Gasteiger charge is -2.37. The Bertz CT molecular complexity index is 1000. The molecule has 7 heteroatoms. The van der Waals surface area contributed by atoms with E-state index in [4.69, 9.17) is 4.74 Å².